The first-order chi connectivity index (χ1) is 5.77. The number of hydrogen-bond acceptors (Lipinski definition) is 2. The van der Waals surface area contributed by atoms with E-state index in [1.807, 2.05) is 18.2 Å². The van der Waals surface area contributed by atoms with Crippen molar-refractivity contribution in [2.45, 2.75) is 12.3 Å². The molecule has 0 heterocycles. The summed E-state index contributed by atoms with van der Waals surface area (Å²) in [5, 5.41) is 8.69. The molecule has 0 saturated carbocycles. The van der Waals surface area contributed by atoms with Gasteiger partial charge < -0.3 is 10.8 Å². The Morgan fingerprint density at radius 2 is 2.17 bits per heavy atom. The molecule has 1 aromatic carbocycles. The van der Waals surface area contributed by atoms with E-state index in [0.717, 1.165) is 11.1 Å². The highest BCUT2D eigenvalue weighted by molar-refractivity contribution is 6.17. The Morgan fingerprint density at radius 3 is 2.75 bits per heavy atom. The number of nitrogens with two attached hydrogens (primary N) is 1. The van der Waals surface area contributed by atoms with E-state index >= 15 is 0 Å². The van der Waals surface area contributed by atoms with Crippen LogP contribution < -0.4 is 5.73 Å². The Hall–Kier alpha value is -0.730. The van der Waals surface area contributed by atoms with Crippen molar-refractivity contribution in [1.82, 2.24) is 0 Å². The maximum atomic E-state index is 8.69. The van der Waals surface area contributed by atoms with Crippen molar-refractivity contribution in [2.24, 2.45) is 0 Å². The van der Waals surface area contributed by atoms with Crippen LogP contribution in [0.2, 0.25) is 0 Å². The van der Waals surface area contributed by atoms with E-state index in [9.17, 15) is 0 Å². The molecule has 12 heavy (non-hydrogen) atoms. The lowest BCUT2D eigenvalue weighted by molar-refractivity contribution is 0.299. The highest BCUT2D eigenvalue weighted by Gasteiger charge is 1.98. The molecule has 3 N–H and O–H groups in total. The van der Waals surface area contributed by atoms with E-state index in [1.54, 1.807) is 0 Å². The summed E-state index contributed by atoms with van der Waals surface area (Å²) in [4.78, 5) is 0. The van der Waals surface area contributed by atoms with Gasteiger partial charge in [0.15, 0.2) is 0 Å². The normalized spacial score (nSPS) is 10.2. The minimum atomic E-state index is 0.158. The van der Waals surface area contributed by atoms with Gasteiger partial charge in [-0.3, -0.25) is 0 Å². The maximum absolute atomic E-state index is 8.69. The molecule has 0 atom stereocenters. The molecular weight excluding hydrogens is 174 g/mol. The van der Waals surface area contributed by atoms with Gasteiger partial charge in [-0.25, -0.2) is 0 Å². The van der Waals surface area contributed by atoms with Crippen molar-refractivity contribution in [3.63, 3.8) is 0 Å². The molecule has 0 aliphatic rings. The lowest BCUT2D eigenvalue weighted by Crippen LogP contribution is -1.96. The van der Waals surface area contributed by atoms with E-state index in [0.29, 0.717) is 18.0 Å². The highest BCUT2D eigenvalue weighted by atomic mass is 35.5. The predicted octanol–water partition coefficient (Wildman–Crippen LogP) is 1.54. The van der Waals surface area contributed by atoms with Crippen LogP contribution in [0.4, 0.5) is 5.69 Å². The number of aliphatic hydroxyl groups is 1. The lowest BCUT2D eigenvalue weighted by Gasteiger charge is -2.04. The van der Waals surface area contributed by atoms with Gasteiger partial charge in [-0.1, -0.05) is 12.1 Å². The molecule has 0 amide bonds. The second-order valence-corrected chi connectivity index (χ2v) is 2.91. The average molecular weight is 186 g/mol. The number of rotatable bonds is 3. The first-order valence-electron chi connectivity index (χ1n) is 3.82. The first kappa shape index (κ1) is 9.36. The Bertz CT molecular complexity index is 263. The topological polar surface area (TPSA) is 46.2 Å². The third kappa shape index (κ3) is 2.13. The molecule has 0 aliphatic carbocycles. The summed E-state index contributed by atoms with van der Waals surface area (Å²) in [5.41, 5.74) is 8.37. The van der Waals surface area contributed by atoms with Gasteiger partial charge in [0.1, 0.15) is 0 Å². The maximum Gasteiger partial charge on any atom is 0.0494 e. The molecule has 0 aromatic heterocycles. The second kappa shape index (κ2) is 4.33. The SMILES string of the molecule is Nc1ccc(CCO)cc1CCl. The average Bonchev–Trinajstić information content (AvgIpc) is 2.09. The van der Waals surface area contributed by atoms with Crippen molar-refractivity contribution in [2.75, 3.05) is 12.3 Å². The molecular formula is C9H12ClNO. The van der Waals surface area contributed by atoms with E-state index in [2.05, 4.69) is 0 Å². The molecule has 0 spiro atoms. The number of nitrogen functional groups attached to an aromatic ring is 1. The van der Waals surface area contributed by atoms with Crippen LogP contribution in [0.25, 0.3) is 0 Å². The Kier molecular flexibility index (Phi) is 3.38. The van der Waals surface area contributed by atoms with Crippen LogP contribution in [0, 0.1) is 0 Å². The summed E-state index contributed by atoms with van der Waals surface area (Å²) >= 11 is 5.66. The van der Waals surface area contributed by atoms with Gasteiger partial charge in [-0.05, 0) is 23.6 Å². The second-order valence-electron chi connectivity index (χ2n) is 2.64. The zero-order chi connectivity index (χ0) is 8.97. The summed E-state index contributed by atoms with van der Waals surface area (Å²) in [5.74, 6) is 0.422. The summed E-state index contributed by atoms with van der Waals surface area (Å²) in [6.45, 7) is 0.158. The Labute approximate surface area is 77.0 Å². The molecule has 0 unspecified atom stereocenters. The fourth-order valence-corrected chi connectivity index (χ4v) is 1.29. The molecule has 1 aromatic rings. The smallest absolute Gasteiger partial charge is 0.0494 e. The summed E-state index contributed by atoms with van der Waals surface area (Å²) in [7, 11) is 0. The van der Waals surface area contributed by atoms with Gasteiger partial charge in [0, 0.05) is 18.2 Å². The molecule has 66 valence electrons. The molecule has 0 fully saturated rings. The quantitative estimate of drug-likeness (QED) is 0.555. The summed E-state index contributed by atoms with van der Waals surface area (Å²) < 4.78 is 0. The summed E-state index contributed by atoms with van der Waals surface area (Å²) in [6, 6.07) is 5.66. The van der Waals surface area contributed by atoms with Crippen LogP contribution in [0.1, 0.15) is 11.1 Å². The third-order valence-corrected chi connectivity index (χ3v) is 2.04. The van der Waals surface area contributed by atoms with Crippen LogP contribution >= 0.6 is 11.6 Å². The number of aliphatic hydroxyl groups excluding tert-OH is 1. The van der Waals surface area contributed by atoms with Crippen molar-refractivity contribution in [3.05, 3.63) is 29.3 Å². The van der Waals surface area contributed by atoms with Crippen LogP contribution in [0.15, 0.2) is 18.2 Å². The largest absolute Gasteiger partial charge is 0.398 e. The molecule has 0 radical (unpaired) electrons. The number of anilines is 1. The van der Waals surface area contributed by atoms with Gasteiger partial charge >= 0.3 is 0 Å². The van der Waals surface area contributed by atoms with E-state index < -0.39 is 0 Å². The van der Waals surface area contributed by atoms with Crippen LogP contribution in [-0.4, -0.2) is 11.7 Å². The molecule has 0 bridgehead atoms. The van der Waals surface area contributed by atoms with Crippen molar-refractivity contribution in [3.8, 4) is 0 Å². The number of benzene rings is 1. The Balaban J connectivity index is 2.89. The molecule has 0 saturated heterocycles. The number of alkyl halides is 1. The van der Waals surface area contributed by atoms with E-state index in [-0.39, 0.29) is 6.61 Å². The van der Waals surface area contributed by atoms with E-state index in [1.165, 1.54) is 0 Å². The third-order valence-electron chi connectivity index (χ3n) is 1.75. The van der Waals surface area contributed by atoms with Crippen LogP contribution in [0.5, 0.6) is 0 Å². The molecule has 2 nitrogen and oxygen atoms in total. The van der Waals surface area contributed by atoms with Crippen molar-refractivity contribution >= 4 is 17.3 Å². The van der Waals surface area contributed by atoms with Crippen LogP contribution in [-0.2, 0) is 12.3 Å². The zero-order valence-corrected chi connectivity index (χ0v) is 7.51. The highest BCUT2D eigenvalue weighted by Crippen LogP contribution is 2.16. The van der Waals surface area contributed by atoms with Crippen molar-refractivity contribution in [1.29, 1.82) is 0 Å². The molecule has 0 aliphatic heterocycles. The monoisotopic (exact) mass is 185 g/mol. The van der Waals surface area contributed by atoms with Crippen molar-refractivity contribution < 1.29 is 5.11 Å². The minimum Gasteiger partial charge on any atom is -0.398 e. The molecule has 3 heteroatoms. The number of hydrogen-bond donors (Lipinski definition) is 2. The zero-order valence-electron chi connectivity index (χ0n) is 6.76. The number of halogens is 1. The van der Waals surface area contributed by atoms with E-state index in [4.69, 9.17) is 22.4 Å². The Morgan fingerprint density at radius 1 is 1.42 bits per heavy atom. The minimum absolute atomic E-state index is 0.158. The van der Waals surface area contributed by atoms with Gasteiger partial charge in [0.05, 0.1) is 0 Å². The standard InChI is InChI=1S/C9H12ClNO/c10-6-8-5-7(3-4-12)1-2-9(8)11/h1-2,5,12H,3-4,6,11H2. The first-order valence-corrected chi connectivity index (χ1v) is 4.35. The van der Waals surface area contributed by atoms with Gasteiger partial charge in [-0.2, -0.15) is 0 Å². The fraction of sp³-hybridized carbons (Fsp3) is 0.333. The summed E-state index contributed by atoms with van der Waals surface area (Å²) in [6.07, 6.45) is 0.657. The predicted molar refractivity (Wildman–Crippen MR) is 51.2 cm³/mol. The van der Waals surface area contributed by atoms with Crippen LogP contribution in [0.3, 0.4) is 0 Å². The van der Waals surface area contributed by atoms with Gasteiger partial charge in [0.25, 0.3) is 0 Å². The van der Waals surface area contributed by atoms with Gasteiger partial charge in [0.2, 0.25) is 0 Å². The van der Waals surface area contributed by atoms with Gasteiger partial charge in [-0.15, -0.1) is 11.6 Å². The lowest BCUT2D eigenvalue weighted by atomic mass is 10.1. The fourth-order valence-electron chi connectivity index (χ4n) is 1.06. The molecule has 1 rings (SSSR count).